The summed E-state index contributed by atoms with van der Waals surface area (Å²) in [6.07, 6.45) is 3.73. The number of hydrogen-bond donors (Lipinski definition) is 0. The molecular weight excluding hydrogens is 420 g/mol. The van der Waals surface area contributed by atoms with Gasteiger partial charge in [-0.1, -0.05) is 84.9 Å². The van der Waals surface area contributed by atoms with Crippen LogP contribution in [0, 0.1) is 0 Å². The lowest BCUT2D eigenvalue weighted by Gasteiger charge is -2.06. The molecule has 0 aromatic heterocycles. The Bertz CT molecular complexity index is 1110. The van der Waals surface area contributed by atoms with Crippen LogP contribution in [0.1, 0.15) is 22.3 Å². The zero-order valence-corrected chi connectivity index (χ0v) is 19.1. The fourth-order valence-electron chi connectivity index (χ4n) is 3.31. The summed E-state index contributed by atoms with van der Waals surface area (Å²) in [4.78, 5) is 8.99. The van der Waals surface area contributed by atoms with E-state index in [4.69, 9.17) is 9.47 Å². The van der Waals surface area contributed by atoms with Crippen LogP contribution in [0.2, 0.25) is 0 Å². The van der Waals surface area contributed by atoms with Crippen LogP contribution in [0.15, 0.2) is 119 Å². The van der Waals surface area contributed by atoms with Gasteiger partial charge in [-0.15, -0.1) is 0 Å². The van der Waals surface area contributed by atoms with E-state index >= 15 is 0 Å². The molecule has 0 bridgehead atoms. The van der Waals surface area contributed by atoms with Crippen molar-refractivity contribution in [1.29, 1.82) is 0 Å². The Hall–Kier alpha value is -4.18. The van der Waals surface area contributed by atoms with E-state index in [-0.39, 0.29) is 0 Å². The van der Waals surface area contributed by atoms with Gasteiger partial charge in [-0.05, 0) is 46.5 Å². The summed E-state index contributed by atoms with van der Waals surface area (Å²) in [6.45, 7) is 2.34. The molecule has 4 nitrogen and oxygen atoms in total. The highest BCUT2D eigenvalue weighted by molar-refractivity contribution is 5.81. The van der Waals surface area contributed by atoms with Crippen LogP contribution >= 0.6 is 0 Å². The molecule has 4 rings (SSSR count). The van der Waals surface area contributed by atoms with Gasteiger partial charge in [0.05, 0.1) is 13.1 Å². The Balaban J connectivity index is 1.21. The van der Waals surface area contributed by atoms with Crippen molar-refractivity contribution in [2.45, 2.75) is 13.2 Å². The summed E-state index contributed by atoms with van der Waals surface area (Å²) in [6, 6.07) is 36.2. The van der Waals surface area contributed by atoms with Crippen LogP contribution in [-0.2, 0) is 13.2 Å². The van der Waals surface area contributed by atoms with Crippen molar-refractivity contribution in [2.24, 2.45) is 9.98 Å². The minimum Gasteiger partial charge on any atom is -0.489 e. The van der Waals surface area contributed by atoms with Gasteiger partial charge in [0.2, 0.25) is 0 Å². The first-order valence-corrected chi connectivity index (χ1v) is 11.4. The molecule has 0 saturated carbocycles. The Morgan fingerprint density at radius 1 is 0.500 bits per heavy atom. The fraction of sp³-hybridized carbons (Fsp3) is 0.133. The largest absolute Gasteiger partial charge is 0.489 e. The minimum absolute atomic E-state index is 0.550. The normalized spacial score (nSPS) is 11.2. The molecule has 0 aliphatic rings. The molecule has 4 aromatic rings. The van der Waals surface area contributed by atoms with Gasteiger partial charge >= 0.3 is 0 Å². The summed E-state index contributed by atoms with van der Waals surface area (Å²) in [5.41, 5.74) is 4.32. The van der Waals surface area contributed by atoms with Gasteiger partial charge in [-0.2, -0.15) is 0 Å². The topological polar surface area (TPSA) is 43.2 Å². The number of nitrogens with zero attached hydrogens (tertiary/aromatic N) is 2. The molecule has 0 atom stereocenters. The molecule has 0 aliphatic carbocycles. The van der Waals surface area contributed by atoms with Crippen LogP contribution in [-0.4, -0.2) is 25.5 Å². The molecule has 34 heavy (non-hydrogen) atoms. The number of benzene rings is 4. The summed E-state index contributed by atoms with van der Waals surface area (Å²) < 4.78 is 11.8. The summed E-state index contributed by atoms with van der Waals surface area (Å²) in [7, 11) is 0. The monoisotopic (exact) mass is 448 g/mol. The zero-order chi connectivity index (χ0) is 23.3. The van der Waals surface area contributed by atoms with E-state index in [0.717, 1.165) is 33.8 Å². The highest BCUT2D eigenvalue weighted by atomic mass is 16.5. The van der Waals surface area contributed by atoms with Crippen molar-refractivity contribution in [3.05, 3.63) is 131 Å². The lowest BCUT2D eigenvalue weighted by molar-refractivity contribution is 0.306. The number of ether oxygens (including phenoxy) is 2. The fourth-order valence-corrected chi connectivity index (χ4v) is 3.31. The first-order chi connectivity index (χ1) is 16.8. The Kier molecular flexibility index (Phi) is 8.63. The predicted octanol–water partition coefficient (Wildman–Crippen LogP) is 6.38. The van der Waals surface area contributed by atoms with Crippen LogP contribution in [0.5, 0.6) is 11.5 Å². The van der Waals surface area contributed by atoms with E-state index in [1.165, 1.54) is 0 Å². The second kappa shape index (κ2) is 12.8. The lowest BCUT2D eigenvalue weighted by Crippen LogP contribution is -1.96. The van der Waals surface area contributed by atoms with Crippen LogP contribution < -0.4 is 9.47 Å². The van der Waals surface area contributed by atoms with Crippen LogP contribution in [0.4, 0.5) is 0 Å². The van der Waals surface area contributed by atoms with Gasteiger partial charge in [0.15, 0.2) is 0 Å². The standard InChI is InChI=1S/C30H28N2O2/c1-3-9-25(10-4-1)23-33-29-15-7-13-27(19-29)21-31-17-18-32-22-28-14-8-16-30(20-28)34-24-26-11-5-2-6-12-26/h1-16,19-22H,17-18,23-24H2. The molecule has 0 saturated heterocycles. The lowest BCUT2D eigenvalue weighted by atomic mass is 10.2. The first-order valence-electron chi connectivity index (χ1n) is 11.4. The quantitative estimate of drug-likeness (QED) is 0.197. The Morgan fingerprint density at radius 2 is 0.941 bits per heavy atom. The van der Waals surface area contributed by atoms with Gasteiger partial charge in [0.25, 0.3) is 0 Å². The molecule has 0 unspecified atom stereocenters. The van der Waals surface area contributed by atoms with Crippen molar-refractivity contribution >= 4 is 12.4 Å². The Morgan fingerprint density at radius 3 is 1.38 bits per heavy atom. The number of aliphatic imine (C=N–C) groups is 2. The highest BCUT2D eigenvalue weighted by Crippen LogP contribution is 2.15. The summed E-state index contributed by atoms with van der Waals surface area (Å²) in [5.74, 6) is 1.67. The van der Waals surface area contributed by atoms with Crippen molar-refractivity contribution in [2.75, 3.05) is 13.1 Å². The molecule has 170 valence electrons. The predicted molar refractivity (Wildman–Crippen MR) is 139 cm³/mol. The third kappa shape index (κ3) is 7.75. The molecule has 0 fully saturated rings. The molecule has 4 heteroatoms. The highest BCUT2D eigenvalue weighted by Gasteiger charge is 1.98. The molecule has 0 amide bonds. The third-order valence-electron chi connectivity index (χ3n) is 5.05. The van der Waals surface area contributed by atoms with E-state index in [2.05, 4.69) is 34.3 Å². The maximum Gasteiger partial charge on any atom is 0.120 e. The van der Waals surface area contributed by atoms with Gasteiger partial charge in [-0.25, -0.2) is 0 Å². The smallest absolute Gasteiger partial charge is 0.120 e. The summed E-state index contributed by atoms with van der Waals surface area (Å²) in [5, 5.41) is 0. The molecule has 0 N–H and O–H groups in total. The Labute approximate surface area is 201 Å². The third-order valence-corrected chi connectivity index (χ3v) is 5.05. The summed E-state index contributed by atoms with van der Waals surface area (Å²) >= 11 is 0. The molecule has 0 aliphatic heterocycles. The number of hydrogen-bond acceptors (Lipinski definition) is 4. The second-order valence-electron chi connectivity index (χ2n) is 7.76. The van der Waals surface area contributed by atoms with Crippen LogP contribution in [0.3, 0.4) is 0 Å². The van der Waals surface area contributed by atoms with Crippen molar-refractivity contribution in [3.8, 4) is 11.5 Å². The van der Waals surface area contributed by atoms with Crippen molar-refractivity contribution in [3.63, 3.8) is 0 Å². The molecule has 4 aromatic carbocycles. The first kappa shape index (κ1) is 23.0. The minimum atomic E-state index is 0.550. The number of rotatable bonds is 11. The van der Waals surface area contributed by atoms with Gasteiger partial charge in [0, 0.05) is 12.4 Å². The van der Waals surface area contributed by atoms with Crippen LogP contribution in [0.25, 0.3) is 0 Å². The molecule has 0 radical (unpaired) electrons. The van der Waals surface area contributed by atoms with E-state index in [1.807, 2.05) is 97.4 Å². The van der Waals surface area contributed by atoms with E-state index in [1.54, 1.807) is 0 Å². The van der Waals surface area contributed by atoms with Crippen molar-refractivity contribution < 1.29 is 9.47 Å². The van der Waals surface area contributed by atoms with Gasteiger partial charge in [-0.3, -0.25) is 9.98 Å². The van der Waals surface area contributed by atoms with E-state index in [9.17, 15) is 0 Å². The molecule has 0 heterocycles. The van der Waals surface area contributed by atoms with E-state index in [0.29, 0.717) is 26.3 Å². The maximum absolute atomic E-state index is 5.88. The average molecular weight is 449 g/mol. The van der Waals surface area contributed by atoms with E-state index < -0.39 is 0 Å². The SMILES string of the molecule is C(=NCCN=Cc1cccc(OCc2ccccc2)c1)c1cccc(OCc2ccccc2)c1. The van der Waals surface area contributed by atoms with Crippen molar-refractivity contribution in [1.82, 2.24) is 0 Å². The second-order valence-corrected chi connectivity index (χ2v) is 7.76. The molecule has 0 spiro atoms. The average Bonchev–Trinajstić information content (AvgIpc) is 2.90. The van der Waals surface area contributed by atoms with Gasteiger partial charge < -0.3 is 9.47 Å². The van der Waals surface area contributed by atoms with Gasteiger partial charge in [0.1, 0.15) is 24.7 Å². The molecular formula is C30H28N2O2. The zero-order valence-electron chi connectivity index (χ0n) is 19.1. The maximum atomic E-state index is 5.88.